The number of amides is 2. The van der Waals surface area contributed by atoms with E-state index < -0.39 is 15.4 Å². The lowest BCUT2D eigenvalue weighted by Gasteiger charge is -2.33. The van der Waals surface area contributed by atoms with Crippen LogP contribution in [-0.4, -0.2) is 49.8 Å². The molecule has 1 aromatic rings. The fourth-order valence-corrected chi connectivity index (χ4v) is 5.19. The van der Waals surface area contributed by atoms with Crippen LogP contribution in [0.25, 0.3) is 0 Å². The van der Waals surface area contributed by atoms with E-state index in [0.29, 0.717) is 36.5 Å². The van der Waals surface area contributed by atoms with Crippen molar-refractivity contribution < 1.29 is 22.7 Å². The molecule has 0 aromatic heterocycles. The van der Waals surface area contributed by atoms with Crippen LogP contribution in [-0.2, 0) is 25.8 Å². The second-order valence-electron chi connectivity index (χ2n) is 8.55. The quantitative estimate of drug-likeness (QED) is 0.830. The minimum atomic E-state index is -3.22. The highest BCUT2D eigenvalue weighted by molar-refractivity contribution is 7.91. The summed E-state index contributed by atoms with van der Waals surface area (Å²) in [6.07, 6.45) is 2.06. The Labute approximate surface area is 166 Å². The number of sulfone groups is 1. The normalized spacial score (nSPS) is 19.2. The minimum Gasteiger partial charge on any atom is -0.444 e. The van der Waals surface area contributed by atoms with E-state index in [0.717, 1.165) is 18.4 Å². The van der Waals surface area contributed by atoms with Gasteiger partial charge in [0.05, 0.1) is 10.6 Å². The predicted octanol–water partition coefficient (Wildman–Crippen LogP) is 2.99. The SMILES string of the molecule is CC(C)(C)OC(=O)N1CCC(CC(=O)Nc2ccc3c(c2)S(=O)(=O)CC3)CC1. The van der Waals surface area contributed by atoms with Crippen LogP contribution >= 0.6 is 0 Å². The maximum atomic E-state index is 12.4. The summed E-state index contributed by atoms with van der Waals surface area (Å²) in [5.41, 5.74) is 0.810. The van der Waals surface area contributed by atoms with Crippen molar-refractivity contribution in [3.8, 4) is 0 Å². The minimum absolute atomic E-state index is 0.133. The van der Waals surface area contributed by atoms with E-state index >= 15 is 0 Å². The Bertz CT molecular complexity index is 865. The van der Waals surface area contributed by atoms with Gasteiger partial charge in [-0.05, 0) is 63.6 Å². The highest BCUT2D eigenvalue weighted by Gasteiger charge is 2.29. The zero-order valence-electron chi connectivity index (χ0n) is 16.7. The lowest BCUT2D eigenvalue weighted by atomic mass is 9.93. The van der Waals surface area contributed by atoms with Crippen LogP contribution in [0.15, 0.2) is 23.1 Å². The third-order valence-electron chi connectivity index (χ3n) is 5.07. The van der Waals surface area contributed by atoms with Gasteiger partial charge in [0, 0.05) is 25.2 Å². The summed E-state index contributed by atoms with van der Waals surface area (Å²) in [4.78, 5) is 26.5. The third-order valence-corrected chi connectivity index (χ3v) is 6.86. The van der Waals surface area contributed by atoms with Gasteiger partial charge in [-0.1, -0.05) is 6.07 Å². The van der Waals surface area contributed by atoms with E-state index in [4.69, 9.17) is 4.74 Å². The van der Waals surface area contributed by atoms with Crippen LogP contribution in [0.4, 0.5) is 10.5 Å². The molecule has 2 heterocycles. The zero-order valence-corrected chi connectivity index (χ0v) is 17.5. The molecule has 28 heavy (non-hydrogen) atoms. The number of hydrogen-bond donors (Lipinski definition) is 1. The second kappa shape index (κ2) is 7.73. The van der Waals surface area contributed by atoms with E-state index in [9.17, 15) is 18.0 Å². The summed E-state index contributed by atoms with van der Waals surface area (Å²) in [7, 11) is -3.22. The van der Waals surface area contributed by atoms with E-state index in [-0.39, 0.29) is 23.7 Å². The number of piperidine rings is 1. The van der Waals surface area contributed by atoms with Gasteiger partial charge in [0.15, 0.2) is 9.84 Å². The number of aryl methyl sites for hydroxylation is 1. The Morgan fingerprint density at radius 1 is 1.21 bits per heavy atom. The van der Waals surface area contributed by atoms with Crippen molar-refractivity contribution in [3.05, 3.63) is 23.8 Å². The molecular formula is C20H28N2O5S. The van der Waals surface area contributed by atoms with Gasteiger partial charge in [-0.2, -0.15) is 0 Å². The summed E-state index contributed by atoms with van der Waals surface area (Å²) in [6.45, 7) is 6.67. The summed E-state index contributed by atoms with van der Waals surface area (Å²) >= 11 is 0. The van der Waals surface area contributed by atoms with Crippen LogP contribution < -0.4 is 5.32 Å². The molecule has 8 heteroatoms. The number of carbonyl (C=O) groups excluding carboxylic acids is 2. The maximum Gasteiger partial charge on any atom is 0.410 e. The molecule has 2 aliphatic heterocycles. The molecule has 0 unspecified atom stereocenters. The van der Waals surface area contributed by atoms with Gasteiger partial charge >= 0.3 is 6.09 Å². The number of hydrogen-bond acceptors (Lipinski definition) is 5. The third kappa shape index (κ3) is 5.04. The Balaban J connectivity index is 1.50. The number of rotatable bonds is 3. The van der Waals surface area contributed by atoms with Gasteiger partial charge in [-0.15, -0.1) is 0 Å². The standard InChI is InChI=1S/C20H28N2O5S/c1-20(2,3)27-19(24)22-9-6-14(7-10-22)12-18(23)21-16-5-4-15-8-11-28(25,26)17(15)13-16/h4-5,13-14H,6-12H2,1-3H3,(H,21,23). The van der Waals surface area contributed by atoms with Gasteiger partial charge in [0.25, 0.3) is 0 Å². The predicted molar refractivity (Wildman–Crippen MR) is 106 cm³/mol. The molecule has 154 valence electrons. The average Bonchev–Trinajstić information content (AvgIpc) is 2.89. The van der Waals surface area contributed by atoms with Gasteiger partial charge in [-0.25, -0.2) is 13.2 Å². The molecule has 2 amide bonds. The van der Waals surface area contributed by atoms with Crippen molar-refractivity contribution >= 4 is 27.5 Å². The molecule has 0 saturated carbocycles. The topological polar surface area (TPSA) is 92.8 Å². The number of ether oxygens (including phenoxy) is 1. The van der Waals surface area contributed by atoms with Gasteiger partial charge in [0.2, 0.25) is 5.91 Å². The van der Waals surface area contributed by atoms with Crippen molar-refractivity contribution in [2.45, 2.75) is 57.0 Å². The summed E-state index contributed by atoms with van der Waals surface area (Å²) in [5.74, 6) is 0.193. The van der Waals surface area contributed by atoms with Crippen molar-refractivity contribution in [1.29, 1.82) is 0 Å². The number of benzene rings is 1. The van der Waals surface area contributed by atoms with Crippen LogP contribution in [0.2, 0.25) is 0 Å². The number of fused-ring (bicyclic) bond motifs is 1. The monoisotopic (exact) mass is 408 g/mol. The number of anilines is 1. The lowest BCUT2D eigenvalue weighted by Crippen LogP contribution is -2.42. The number of carbonyl (C=O) groups is 2. The number of nitrogens with one attached hydrogen (secondary N) is 1. The van der Waals surface area contributed by atoms with E-state index in [1.54, 1.807) is 23.1 Å². The Morgan fingerprint density at radius 2 is 1.89 bits per heavy atom. The van der Waals surface area contributed by atoms with Crippen LogP contribution in [0.3, 0.4) is 0 Å². The van der Waals surface area contributed by atoms with Gasteiger partial charge in [0.1, 0.15) is 5.60 Å². The average molecular weight is 409 g/mol. The number of nitrogens with zero attached hydrogens (tertiary/aromatic N) is 1. The van der Waals surface area contributed by atoms with Gasteiger partial charge < -0.3 is 15.0 Å². The summed E-state index contributed by atoms with van der Waals surface area (Å²) in [6, 6.07) is 5.08. The molecule has 1 aromatic carbocycles. The molecular weight excluding hydrogens is 380 g/mol. The van der Waals surface area contributed by atoms with Crippen LogP contribution in [0.1, 0.15) is 45.6 Å². The number of likely N-dealkylation sites (tertiary alicyclic amines) is 1. The molecule has 0 radical (unpaired) electrons. The first-order chi connectivity index (χ1) is 13.0. The molecule has 7 nitrogen and oxygen atoms in total. The fraction of sp³-hybridized carbons (Fsp3) is 0.600. The molecule has 0 atom stereocenters. The smallest absolute Gasteiger partial charge is 0.410 e. The largest absolute Gasteiger partial charge is 0.444 e. The molecule has 0 aliphatic carbocycles. The molecule has 0 spiro atoms. The fourth-order valence-electron chi connectivity index (χ4n) is 3.60. The summed E-state index contributed by atoms with van der Waals surface area (Å²) in [5, 5.41) is 2.81. The Morgan fingerprint density at radius 3 is 2.54 bits per heavy atom. The highest BCUT2D eigenvalue weighted by Crippen LogP contribution is 2.29. The van der Waals surface area contributed by atoms with Gasteiger partial charge in [-0.3, -0.25) is 4.79 Å². The van der Waals surface area contributed by atoms with Crippen molar-refractivity contribution in [1.82, 2.24) is 4.90 Å². The maximum absolute atomic E-state index is 12.4. The molecule has 1 saturated heterocycles. The van der Waals surface area contributed by atoms with Crippen molar-refractivity contribution in [3.63, 3.8) is 0 Å². The first-order valence-electron chi connectivity index (χ1n) is 9.67. The first kappa shape index (κ1) is 20.6. The molecule has 0 bridgehead atoms. The highest BCUT2D eigenvalue weighted by atomic mass is 32.2. The van der Waals surface area contributed by atoms with Crippen LogP contribution in [0, 0.1) is 5.92 Å². The van der Waals surface area contributed by atoms with E-state index in [1.807, 2.05) is 20.8 Å². The van der Waals surface area contributed by atoms with Crippen LogP contribution in [0.5, 0.6) is 0 Å². The first-order valence-corrected chi connectivity index (χ1v) is 11.3. The van der Waals surface area contributed by atoms with Crippen molar-refractivity contribution in [2.24, 2.45) is 5.92 Å². The lowest BCUT2D eigenvalue weighted by molar-refractivity contribution is -0.117. The van der Waals surface area contributed by atoms with E-state index in [1.165, 1.54) is 0 Å². The molecule has 1 N–H and O–H groups in total. The molecule has 3 rings (SSSR count). The van der Waals surface area contributed by atoms with Crippen molar-refractivity contribution in [2.75, 3.05) is 24.2 Å². The second-order valence-corrected chi connectivity index (χ2v) is 10.6. The van der Waals surface area contributed by atoms with E-state index in [2.05, 4.69) is 5.32 Å². The summed E-state index contributed by atoms with van der Waals surface area (Å²) < 4.78 is 29.4. The Kier molecular flexibility index (Phi) is 5.70. The molecule has 1 fully saturated rings. The Hall–Kier alpha value is -2.09. The molecule has 2 aliphatic rings. The zero-order chi connectivity index (χ0) is 20.5.